The number of benzene rings is 2. The molecule has 21 heavy (non-hydrogen) atoms. The van der Waals surface area contributed by atoms with E-state index in [-0.39, 0.29) is 11.8 Å². The van der Waals surface area contributed by atoms with Crippen LogP contribution in [0.25, 0.3) is 0 Å². The van der Waals surface area contributed by atoms with Gasteiger partial charge in [-0.2, -0.15) is 0 Å². The van der Waals surface area contributed by atoms with Crippen molar-refractivity contribution in [3.8, 4) is 11.5 Å². The van der Waals surface area contributed by atoms with Crippen LogP contribution in [0.4, 0.5) is 5.69 Å². The van der Waals surface area contributed by atoms with Crippen LogP contribution in [-0.2, 0) is 0 Å². The maximum atomic E-state index is 10.0. The van der Waals surface area contributed by atoms with Gasteiger partial charge in [0.25, 0.3) is 0 Å². The largest absolute Gasteiger partial charge is 0.508 e. The van der Waals surface area contributed by atoms with Crippen LogP contribution in [0, 0.1) is 0 Å². The number of phenolic OH excluding ortho intramolecular Hbond substituents is 1. The van der Waals surface area contributed by atoms with Crippen molar-refractivity contribution in [1.29, 1.82) is 0 Å². The fraction of sp³-hybridized carbons (Fsp3) is 0.333. The third-order valence-electron chi connectivity index (χ3n) is 3.64. The van der Waals surface area contributed by atoms with Gasteiger partial charge in [0.2, 0.25) is 0 Å². The lowest BCUT2D eigenvalue weighted by Crippen LogP contribution is -2.07. The average molecular weight is 285 g/mol. The summed E-state index contributed by atoms with van der Waals surface area (Å²) in [5.41, 5.74) is 3.17. The van der Waals surface area contributed by atoms with Gasteiger partial charge >= 0.3 is 0 Å². The van der Waals surface area contributed by atoms with E-state index in [1.165, 1.54) is 5.56 Å². The lowest BCUT2D eigenvalue weighted by Gasteiger charge is -2.18. The average Bonchev–Trinajstić information content (AvgIpc) is 2.48. The van der Waals surface area contributed by atoms with Crippen LogP contribution in [-0.4, -0.2) is 12.2 Å². The predicted octanol–water partition coefficient (Wildman–Crippen LogP) is 4.70. The molecule has 0 saturated carbocycles. The van der Waals surface area contributed by atoms with Gasteiger partial charge in [-0.05, 0) is 48.7 Å². The standard InChI is InChI=1S/C18H23NO2/c1-12(2)14-6-5-7-15(10-14)19-13(3)17-11-16(21-4)8-9-18(17)20/h5-13,19-20H,1-4H3. The Balaban J connectivity index is 2.21. The maximum Gasteiger partial charge on any atom is 0.121 e. The number of methoxy groups -OCH3 is 1. The smallest absolute Gasteiger partial charge is 0.121 e. The zero-order valence-electron chi connectivity index (χ0n) is 13.1. The Hall–Kier alpha value is -2.16. The van der Waals surface area contributed by atoms with Gasteiger partial charge in [0.1, 0.15) is 11.5 Å². The highest BCUT2D eigenvalue weighted by atomic mass is 16.5. The van der Waals surface area contributed by atoms with Crippen LogP contribution >= 0.6 is 0 Å². The van der Waals surface area contributed by atoms with Crippen LogP contribution in [0.1, 0.15) is 43.9 Å². The number of anilines is 1. The van der Waals surface area contributed by atoms with Crippen LogP contribution in [0.2, 0.25) is 0 Å². The van der Waals surface area contributed by atoms with Crippen molar-refractivity contribution < 1.29 is 9.84 Å². The van der Waals surface area contributed by atoms with E-state index in [1.54, 1.807) is 19.2 Å². The predicted molar refractivity (Wildman–Crippen MR) is 87.2 cm³/mol. The topological polar surface area (TPSA) is 41.5 Å². The molecule has 0 fully saturated rings. The minimum Gasteiger partial charge on any atom is -0.508 e. The SMILES string of the molecule is COc1ccc(O)c(C(C)Nc2cccc(C(C)C)c2)c1. The summed E-state index contributed by atoms with van der Waals surface area (Å²) in [6.45, 7) is 6.38. The Labute approximate surface area is 126 Å². The molecule has 0 aliphatic rings. The van der Waals surface area contributed by atoms with Crippen molar-refractivity contribution in [2.75, 3.05) is 12.4 Å². The fourth-order valence-corrected chi connectivity index (χ4v) is 2.32. The second-order valence-electron chi connectivity index (χ2n) is 5.57. The Morgan fingerprint density at radius 3 is 2.48 bits per heavy atom. The van der Waals surface area contributed by atoms with E-state index in [1.807, 2.05) is 19.1 Å². The molecule has 0 spiro atoms. The molecular formula is C18H23NO2. The first-order valence-corrected chi connectivity index (χ1v) is 7.24. The molecule has 3 heteroatoms. The normalized spacial score (nSPS) is 12.2. The van der Waals surface area contributed by atoms with Crippen LogP contribution in [0.5, 0.6) is 11.5 Å². The molecular weight excluding hydrogens is 262 g/mol. The van der Waals surface area contributed by atoms with Gasteiger partial charge in [0, 0.05) is 11.3 Å². The van der Waals surface area contributed by atoms with E-state index in [0.29, 0.717) is 5.92 Å². The first kappa shape index (κ1) is 15.2. The van der Waals surface area contributed by atoms with Crippen molar-refractivity contribution in [2.45, 2.75) is 32.7 Å². The van der Waals surface area contributed by atoms with E-state index < -0.39 is 0 Å². The van der Waals surface area contributed by atoms with Gasteiger partial charge in [-0.3, -0.25) is 0 Å². The Morgan fingerprint density at radius 2 is 1.81 bits per heavy atom. The van der Waals surface area contributed by atoms with Gasteiger partial charge < -0.3 is 15.2 Å². The zero-order valence-corrected chi connectivity index (χ0v) is 13.1. The molecule has 112 valence electrons. The monoisotopic (exact) mass is 285 g/mol. The summed E-state index contributed by atoms with van der Waals surface area (Å²) in [6.07, 6.45) is 0. The molecule has 0 radical (unpaired) electrons. The molecule has 2 aromatic carbocycles. The highest BCUT2D eigenvalue weighted by Gasteiger charge is 2.12. The minimum absolute atomic E-state index is 0.0116. The van der Waals surface area contributed by atoms with Gasteiger partial charge in [0.05, 0.1) is 13.2 Å². The summed E-state index contributed by atoms with van der Waals surface area (Å²) >= 11 is 0. The molecule has 0 aliphatic carbocycles. The van der Waals surface area contributed by atoms with Crippen molar-refractivity contribution >= 4 is 5.69 Å². The van der Waals surface area contributed by atoms with E-state index >= 15 is 0 Å². The molecule has 0 heterocycles. The second kappa shape index (κ2) is 6.53. The number of phenols is 1. The summed E-state index contributed by atoms with van der Waals surface area (Å²) in [7, 11) is 1.63. The first-order valence-electron chi connectivity index (χ1n) is 7.24. The lowest BCUT2D eigenvalue weighted by molar-refractivity contribution is 0.410. The summed E-state index contributed by atoms with van der Waals surface area (Å²) in [5.74, 6) is 1.51. The van der Waals surface area contributed by atoms with Crippen molar-refractivity contribution in [3.05, 3.63) is 53.6 Å². The molecule has 2 rings (SSSR count). The molecule has 2 aromatic rings. The fourth-order valence-electron chi connectivity index (χ4n) is 2.32. The number of hydrogen-bond acceptors (Lipinski definition) is 3. The summed E-state index contributed by atoms with van der Waals surface area (Å²) in [5, 5.41) is 13.5. The number of nitrogens with one attached hydrogen (secondary N) is 1. The molecule has 0 saturated heterocycles. The summed E-state index contributed by atoms with van der Waals surface area (Å²) in [4.78, 5) is 0. The third-order valence-corrected chi connectivity index (χ3v) is 3.64. The molecule has 0 aliphatic heterocycles. The van der Waals surface area contributed by atoms with Gasteiger partial charge in [-0.1, -0.05) is 26.0 Å². The first-order chi connectivity index (χ1) is 10.0. The van der Waals surface area contributed by atoms with Crippen molar-refractivity contribution in [3.63, 3.8) is 0 Å². The number of hydrogen-bond donors (Lipinski definition) is 2. The van der Waals surface area contributed by atoms with E-state index in [0.717, 1.165) is 17.0 Å². The Morgan fingerprint density at radius 1 is 1.05 bits per heavy atom. The molecule has 3 nitrogen and oxygen atoms in total. The molecule has 2 N–H and O–H groups in total. The minimum atomic E-state index is -0.0116. The van der Waals surface area contributed by atoms with Gasteiger partial charge in [-0.25, -0.2) is 0 Å². The van der Waals surface area contributed by atoms with Crippen LogP contribution in [0.3, 0.4) is 0 Å². The van der Waals surface area contributed by atoms with E-state index in [4.69, 9.17) is 4.74 Å². The molecule has 0 bridgehead atoms. The number of ether oxygens (including phenoxy) is 1. The van der Waals surface area contributed by atoms with Gasteiger partial charge in [-0.15, -0.1) is 0 Å². The van der Waals surface area contributed by atoms with E-state index in [2.05, 4.69) is 37.4 Å². The Bertz CT molecular complexity index is 608. The Kier molecular flexibility index (Phi) is 4.73. The van der Waals surface area contributed by atoms with Crippen LogP contribution < -0.4 is 10.1 Å². The summed E-state index contributed by atoms with van der Waals surface area (Å²) < 4.78 is 5.22. The van der Waals surface area contributed by atoms with Crippen LogP contribution in [0.15, 0.2) is 42.5 Å². The quantitative estimate of drug-likeness (QED) is 0.837. The molecule has 0 aromatic heterocycles. The maximum absolute atomic E-state index is 10.0. The lowest BCUT2D eigenvalue weighted by atomic mass is 10.0. The highest BCUT2D eigenvalue weighted by Crippen LogP contribution is 2.31. The van der Waals surface area contributed by atoms with Gasteiger partial charge in [0.15, 0.2) is 0 Å². The highest BCUT2D eigenvalue weighted by molar-refractivity contribution is 5.50. The molecule has 0 amide bonds. The van der Waals surface area contributed by atoms with Crippen molar-refractivity contribution in [1.82, 2.24) is 0 Å². The number of aromatic hydroxyl groups is 1. The summed E-state index contributed by atoms with van der Waals surface area (Å²) in [6, 6.07) is 13.6. The number of rotatable bonds is 5. The van der Waals surface area contributed by atoms with Crippen molar-refractivity contribution in [2.24, 2.45) is 0 Å². The molecule has 1 atom stereocenters. The third kappa shape index (κ3) is 3.69. The zero-order chi connectivity index (χ0) is 15.4. The van der Waals surface area contributed by atoms with E-state index in [9.17, 15) is 5.11 Å². The second-order valence-corrected chi connectivity index (χ2v) is 5.57. The molecule has 1 unspecified atom stereocenters.